The fourth-order valence-electron chi connectivity index (χ4n) is 3.53. The number of ether oxygens (including phenoxy) is 2. The van der Waals surface area contributed by atoms with Crippen molar-refractivity contribution in [2.75, 3.05) is 25.1 Å². The van der Waals surface area contributed by atoms with Gasteiger partial charge in [0.1, 0.15) is 11.1 Å². The molecule has 0 radical (unpaired) electrons. The summed E-state index contributed by atoms with van der Waals surface area (Å²) in [6.45, 7) is 1.93. The molecule has 0 aliphatic carbocycles. The molecule has 0 unspecified atom stereocenters. The molecule has 2 aromatic rings. The molecule has 0 saturated carbocycles. The van der Waals surface area contributed by atoms with Crippen LogP contribution >= 0.6 is 11.3 Å². The molecule has 132 valence electrons. The second-order valence-electron chi connectivity index (χ2n) is 6.46. The van der Waals surface area contributed by atoms with Gasteiger partial charge in [-0.2, -0.15) is 0 Å². The highest BCUT2D eigenvalue weighted by Crippen LogP contribution is 2.37. The van der Waals surface area contributed by atoms with Gasteiger partial charge in [0, 0.05) is 19.8 Å². The molecule has 6 nitrogen and oxygen atoms in total. The average Bonchev–Trinajstić information content (AvgIpc) is 3.34. The van der Waals surface area contributed by atoms with Gasteiger partial charge in [0.2, 0.25) is 11.0 Å². The standard InChI is InChI=1S/C18H21N3O3S/c22-16(19-17-21-20-15(25-17)14-7-4-10-24-14)18(8-11-23-12-9-18)13-5-2-1-3-6-13/h1-3,5-6,14H,4,7-12H2,(H,19,21,22)/t14-/m0/s1. The molecule has 7 heteroatoms. The highest BCUT2D eigenvalue weighted by Gasteiger charge is 2.42. The van der Waals surface area contributed by atoms with Crippen LogP contribution in [0.4, 0.5) is 5.13 Å². The minimum Gasteiger partial charge on any atom is -0.381 e. The lowest BCUT2D eigenvalue weighted by atomic mass is 9.73. The molecule has 1 atom stereocenters. The number of nitrogens with one attached hydrogen (secondary N) is 1. The van der Waals surface area contributed by atoms with E-state index in [-0.39, 0.29) is 12.0 Å². The molecule has 1 aromatic heterocycles. The van der Waals surface area contributed by atoms with Crippen molar-refractivity contribution in [3.63, 3.8) is 0 Å². The van der Waals surface area contributed by atoms with Crippen LogP contribution in [0.5, 0.6) is 0 Å². The predicted molar refractivity (Wildman–Crippen MR) is 94.6 cm³/mol. The van der Waals surface area contributed by atoms with Gasteiger partial charge in [-0.15, -0.1) is 10.2 Å². The van der Waals surface area contributed by atoms with Crippen LogP contribution in [0.1, 0.15) is 42.4 Å². The average molecular weight is 359 g/mol. The van der Waals surface area contributed by atoms with E-state index in [0.29, 0.717) is 31.2 Å². The largest absolute Gasteiger partial charge is 0.381 e. The summed E-state index contributed by atoms with van der Waals surface area (Å²) in [6.07, 6.45) is 3.37. The summed E-state index contributed by atoms with van der Waals surface area (Å²) in [6, 6.07) is 9.94. The Kier molecular flexibility index (Phi) is 4.78. The third-order valence-corrected chi connectivity index (χ3v) is 5.90. The quantitative estimate of drug-likeness (QED) is 0.908. The van der Waals surface area contributed by atoms with Crippen molar-refractivity contribution in [1.82, 2.24) is 10.2 Å². The predicted octanol–water partition coefficient (Wildman–Crippen LogP) is 3.08. The Bertz CT molecular complexity index is 722. The molecule has 1 aromatic carbocycles. The van der Waals surface area contributed by atoms with Gasteiger partial charge in [-0.05, 0) is 31.2 Å². The maximum Gasteiger partial charge on any atom is 0.237 e. The lowest BCUT2D eigenvalue weighted by molar-refractivity contribution is -0.125. The Morgan fingerprint density at radius 1 is 1.16 bits per heavy atom. The van der Waals surface area contributed by atoms with Gasteiger partial charge in [0.05, 0.1) is 5.41 Å². The maximum absolute atomic E-state index is 13.2. The molecule has 1 amide bonds. The normalized spacial score (nSPS) is 22.6. The minimum absolute atomic E-state index is 0.0225. The highest BCUT2D eigenvalue weighted by molar-refractivity contribution is 7.15. The van der Waals surface area contributed by atoms with E-state index in [1.165, 1.54) is 11.3 Å². The van der Waals surface area contributed by atoms with Crippen LogP contribution in [0.2, 0.25) is 0 Å². The first-order valence-corrected chi connectivity index (χ1v) is 9.49. The Labute approximate surface area is 150 Å². The van der Waals surface area contributed by atoms with Gasteiger partial charge in [-0.3, -0.25) is 10.1 Å². The summed E-state index contributed by atoms with van der Waals surface area (Å²) in [4.78, 5) is 13.2. The van der Waals surface area contributed by atoms with Crippen molar-refractivity contribution in [3.8, 4) is 0 Å². The number of hydrogen-bond donors (Lipinski definition) is 1. The molecule has 3 heterocycles. The van der Waals surface area contributed by atoms with Crippen LogP contribution in [0.25, 0.3) is 0 Å². The first kappa shape index (κ1) is 16.6. The lowest BCUT2D eigenvalue weighted by Gasteiger charge is -2.35. The fraction of sp³-hybridized carbons (Fsp3) is 0.500. The second kappa shape index (κ2) is 7.19. The van der Waals surface area contributed by atoms with Gasteiger partial charge in [-0.1, -0.05) is 41.7 Å². The van der Waals surface area contributed by atoms with Gasteiger partial charge in [-0.25, -0.2) is 0 Å². The van der Waals surface area contributed by atoms with E-state index in [9.17, 15) is 4.79 Å². The number of aromatic nitrogens is 2. The number of anilines is 1. The van der Waals surface area contributed by atoms with Gasteiger partial charge < -0.3 is 9.47 Å². The number of carbonyl (C=O) groups is 1. The molecule has 25 heavy (non-hydrogen) atoms. The van der Waals surface area contributed by atoms with Crippen LogP contribution in [0.15, 0.2) is 30.3 Å². The van der Waals surface area contributed by atoms with Crippen molar-refractivity contribution in [1.29, 1.82) is 0 Å². The van der Waals surface area contributed by atoms with Crippen LogP contribution in [-0.2, 0) is 19.7 Å². The SMILES string of the molecule is O=C(Nc1nnc([C@@H]2CCCO2)s1)C1(c2ccccc2)CCOCC1. The summed E-state index contributed by atoms with van der Waals surface area (Å²) in [5.74, 6) is -0.0305. The van der Waals surface area contributed by atoms with Crippen molar-refractivity contribution < 1.29 is 14.3 Å². The maximum atomic E-state index is 13.2. The van der Waals surface area contributed by atoms with Crippen LogP contribution in [0.3, 0.4) is 0 Å². The molecule has 2 aliphatic rings. The lowest BCUT2D eigenvalue weighted by Crippen LogP contribution is -2.44. The fourth-order valence-corrected chi connectivity index (χ4v) is 4.35. The molecule has 0 bridgehead atoms. The molecule has 0 spiro atoms. The smallest absolute Gasteiger partial charge is 0.237 e. The summed E-state index contributed by atoms with van der Waals surface area (Å²) in [5, 5.41) is 12.7. The number of nitrogens with zero attached hydrogens (tertiary/aromatic N) is 2. The third-order valence-electron chi connectivity index (χ3n) is 4.97. The van der Waals surface area contributed by atoms with Crippen LogP contribution < -0.4 is 5.32 Å². The molecule has 4 rings (SSSR count). The van der Waals surface area contributed by atoms with E-state index in [1.807, 2.05) is 30.3 Å². The molecule has 2 saturated heterocycles. The zero-order chi connectivity index (χ0) is 17.1. The van der Waals surface area contributed by atoms with Gasteiger partial charge in [0.15, 0.2) is 0 Å². The van der Waals surface area contributed by atoms with E-state index in [1.54, 1.807) is 0 Å². The summed E-state index contributed by atoms with van der Waals surface area (Å²) < 4.78 is 11.1. The topological polar surface area (TPSA) is 73.3 Å². The van der Waals surface area contributed by atoms with Crippen LogP contribution in [-0.4, -0.2) is 35.9 Å². The van der Waals surface area contributed by atoms with Crippen molar-refractivity contribution in [3.05, 3.63) is 40.9 Å². The Morgan fingerprint density at radius 3 is 2.68 bits per heavy atom. The van der Waals surface area contributed by atoms with Gasteiger partial charge in [0.25, 0.3) is 0 Å². The Balaban J connectivity index is 1.55. The zero-order valence-electron chi connectivity index (χ0n) is 13.9. The number of amides is 1. The van der Waals surface area contributed by atoms with Gasteiger partial charge >= 0.3 is 0 Å². The number of rotatable bonds is 4. The van der Waals surface area contributed by atoms with Crippen molar-refractivity contribution in [2.45, 2.75) is 37.2 Å². The Morgan fingerprint density at radius 2 is 1.96 bits per heavy atom. The van der Waals surface area contributed by atoms with E-state index in [2.05, 4.69) is 15.5 Å². The Hall–Kier alpha value is -1.83. The minimum atomic E-state index is -0.574. The molecule has 2 fully saturated rings. The number of hydrogen-bond acceptors (Lipinski definition) is 6. The van der Waals surface area contributed by atoms with Crippen LogP contribution in [0, 0.1) is 0 Å². The molecule has 2 aliphatic heterocycles. The highest BCUT2D eigenvalue weighted by atomic mass is 32.1. The summed E-state index contributed by atoms with van der Waals surface area (Å²) in [5.41, 5.74) is 0.453. The van der Waals surface area contributed by atoms with E-state index < -0.39 is 5.41 Å². The third kappa shape index (κ3) is 3.31. The monoisotopic (exact) mass is 359 g/mol. The number of benzene rings is 1. The second-order valence-corrected chi connectivity index (χ2v) is 7.47. The molecule has 1 N–H and O–H groups in total. The van der Waals surface area contributed by atoms with E-state index in [0.717, 1.165) is 30.0 Å². The first-order valence-electron chi connectivity index (χ1n) is 8.68. The molecular formula is C18H21N3O3S. The van der Waals surface area contributed by atoms with Crippen molar-refractivity contribution in [2.24, 2.45) is 0 Å². The molecular weight excluding hydrogens is 338 g/mol. The number of carbonyl (C=O) groups excluding carboxylic acids is 1. The van der Waals surface area contributed by atoms with Crippen molar-refractivity contribution >= 4 is 22.4 Å². The summed E-state index contributed by atoms with van der Waals surface area (Å²) in [7, 11) is 0. The van der Waals surface area contributed by atoms with E-state index >= 15 is 0 Å². The zero-order valence-corrected chi connectivity index (χ0v) is 14.8. The summed E-state index contributed by atoms with van der Waals surface area (Å²) >= 11 is 1.41. The first-order chi connectivity index (χ1) is 12.3. The van der Waals surface area contributed by atoms with E-state index in [4.69, 9.17) is 9.47 Å².